The van der Waals surface area contributed by atoms with Crippen LogP contribution in [-0.4, -0.2) is 29.3 Å². The predicted molar refractivity (Wildman–Crippen MR) is 67.5 cm³/mol. The third-order valence-corrected chi connectivity index (χ3v) is 3.42. The molecule has 1 aliphatic carbocycles. The van der Waals surface area contributed by atoms with Crippen molar-refractivity contribution in [3.63, 3.8) is 0 Å². The lowest BCUT2D eigenvalue weighted by Crippen LogP contribution is -2.32. The molecule has 0 radical (unpaired) electrons. The van der Waals surface area contributed by atoms with Crippen molar-refractivity contribution in [1.29, 1.82) is 0 Å². The number of nitrogens with zero attached hydrogens (tertiary/aromatic N) is 2. The Labute approximate surface area is 103 Å². The molecule has 0 aliphatic heterocycles. The number of rotatable bonds is 4. The molecule has 1 aliphatic rings. The fourth-order valence-corrected chi connectivity index (χ4v) is 2.49. The molecule has 1 heterocycles. The molecule has 1 aromatic heterocycles. The van der Waals surface area contributed by atoms with Crippen molar-refractivity contribution in [2.45, 2.75) is 32.2 Å². The van der Waals surface area contributed by atoms with Crippen LogP contribution in [0.2, 0.25) is 0 Å². The number of pyridine rings is 1. The van der Waals surface area contributed by atoms with Gasteiger partial charge < -0.3 is 4.90 Å². The SMILES string of the molecule is CN(Cc1ccncc1)CC1CCCCC1=O. The van der Waals surface area contributed by atoms with Gasteiger partial charge in [-0.3, -0.25) is 9.78 Å². The van der Waals surface area contributed by atoms with Gasteiger partial charge in [0, 0.05) is 37.8 Å². The molecule has 0 amide bonds. The third kappa shape index (κ3) is 3.63. The average molecular weight is 232 g/mol. The largest absolute Gasteiger partial charge is 0.301 e. The summed E-state index contributed by atoms with van der Waals surface area (Å²) in [6, 6.07) is 4.05. The molecule has 0 saturated heterocycles. The van der Waals surface area contributed by atoms with Gasteiger partial charge in [0.1, 0.15) is 5.78 Å². The van der Waals surface area contributed by atoms with Crippen LogP contribution < -0.4 is 0 Å². The Morgan fingerprint density at radius 3 is 2.82 bits per heavy atom. The highest BCUT2D eigenvalue weighted by molar-refractivity contribution is 5.81. The molecule has 2 rings (SSSR count). The van der Waals surface area contributed by atoms with Gasteiger partial charge in [-0.15, -0.1) is 0 Å². The van der Waals surface area contributed by atoms with E-state index in [0.29, 0.717) is 5.78 Å². The standard InChI is InChI=1S/C14H20N2O/c1-16(10-12-6-8-15-9-7-12)11-13-4-2-3-5-14(13)17/h6-9,13H,2-5,10-11H2,1H3. The second-order valence-corrected chi connectivity index (χ2v) is 4.96. The number of aromatic nitrogens is 1. The summed E-state index contributed by atoms with van der Waals surface area (Å²) in [5.74, 6) is 0.716. The minimum Gasteiger partial charge on any atom is -0.301 e. The zero-order chi connectivity index (χ0) is 12.1. The molecular formula is C14H20N2O. The summed E-state index contributed by atoms with van der Waals surface area (Å²) in [4.78, 5) is 18.0. The second-order valence-electron chi connectivity index (χ2n) is 4.96. The first-order chi connectivity index (χ1) is 8.25. The average Bonchev–Trinajstić information content (AvgIpc) is 2.33. The Morgan fingerprint density at radius 1 is 1.35 bits per heavy atom. The smallest absolute Gasteiger partial charge is 0.137 e. The monoisotopic (exact) mass is 232 g/mol. The number of carbonyl (C=O) groups excluding carboxylic acids is 1. The van der Waals surface area contributed by atoms with Gasteiger partial charge in [-0.2, -0.15) is 0 Å². The summed E-state index contributed by atoms with van der Waals surface area (Å²) in [6.45, 7) is 1.79. The summed E-state index contributed by atoms with van der Waals surface area (Å²) < 4.78 is 0. The normalized spacial score (nSPS) is 20.8. The van der Waals surface area contributed by atoms with Gasteiger partial charge in [0.15, 0.2) is 0 Å². The second kappa shape index (κ2) is 5.92. The number of ketones is 1. The molecule has 1 atom stereocenters. The quantitative estimate of drug-likeness (QED) is 0.798. The lowest BCUT2D eigenvalue weighted by molar-refractivity contribution is -0.125. The molecule has 0 aromatic carbocycles. The third-order valence-electron chi connectivity index (χ3n) is 3.42. The fraction of sp³-hybridized carbons (Fsp3) is 0.571. The first-order valence-corrected chi connectivity index (χ1v) is 6.36. The Bertz CT molecular complexity index is 364. The van der Waals surface area contributed by atoms with E-state index in [1.165, 1.54) is 12.0 Å². The molecule has 1 fully saturated rings. The minimum atomic E-state index is 0.260. The molecular weight excluding hydrogens is 212 g/mol. The molecule has 0 N–H and O–H groups in total. The molecule has 1 aromatic rings. The van der Waals surface area contributed by atoms with Gasteiger partial charge in [-0.25, -0.2) is 0 Å². The summed E-state index contributed by atoms with van der Waals surface area (Å²) >= 11 is 0. The van der Waals surface area contributed by atoms with Gasteiger partial charge in [0.05, 0.1) is 0 Å². The van der Waals surface area contributed by atoms with E-state index in [9.17, 15) is 4.79 Å². The highest BCUT2D eigenvalue weighted by atomic mass is 16.1. The Balaban J connectivity index is 1.84. The topological polar surface area (TPSA) is 33.2 Å². The van der Waals surface area contributed by atoms with Crippen LogP contribution >= 0.6 is 0 Å². The molecule has 1 saturated carbocycles. The number of hydrogen-bond donors (Lipinski definition) is 0. The van der Waals surface area contributed by atoms with Crippen LogP contribution in [0.4, 0.5) is 0 Å². The van der Waals surface area contributed by atoms with Crippen LogP contribution in [0.1, 0.15) is 31.2 Å². The minimum absolute atomic E-state index is 0.260. The van der Waals surface area contributed by atoms with E-state index in [0.717, 1.165) is 32.4 Å². The maximum absolute atomic E-state index is 11.7. The van der Waals surface area contributed by atoms with Crippen LogP contribution in [-0.2, 0) is 11.3 Å². The van der Waals surface area contributed by atoms with E-state index in [1.807, 2.05) is 24.5 Å². The van der Waals surface area contributed by atoms with Gasteiger partial charge in [0.25, 0.3) is 0 Å². The van der Waals surface area contributed by atoms with Gasteiger partial charge in [-0.05, 0) is 37.6 Å². The molecule has 1 unspecified atom stereocenters. The highest BCUT2D eigenvalue weighted by Crippen LogP contribution is 2.21. The van der Waals surface area contributed by atoms with E-state index in [2.05, 4.69) is 16.9 Å². The number of Topliss-reactive ketones (excluding diaryl/α,β-unsaturated/α-hetero) is 1. The van der Waals surface area contributed by atoms with Crippen LogP contribution in [0.25, 0.3) is 0 Å². The fourth-order valence-electron chi connectivity index (χ4n) is 2.49. The van der Waals surface area contributed by atoms with Crippen LogP contribution in [0, 0.1) is 5.92 Å². The summed E-state index contributed by atoms with van der Waals surface area (Å²) in [5.41, 5.74) is 1.26. The van der Waals surface area contributed by atoms with Crippen molar-refractivity contribution >= 4 is 5.78 Å². The zero-order valence-electron chi connectivity index (χ0n) is 10.4. The van der Waals surface area contributed by atoms with Crippen LogP contribution in [0.15, 0.2) is 24.5 Å². The first kappa shape index (κ1) is 12.2. The number of hydrogen-bond acceptors (Lipinski definition) is 3. The Morgan fingerprint density at radius 2 is 2.12 bits per heavy atom. The molecule has 17 heavy (non-hydrogen) atoms. The van der Waals surface area contributed by atoms with E-state index in [-0.39, 0.29) is 5.92 Å². The van der Waals surface area contributed by atoms with Crippen molar-refractivity contribution in [2.24, 2.45) is 5.92 Å². The maximum Gasteiger partial charge on any atom is 0.137 e. The lowest BCUT2D eigenvalue weighted by atomic mass is 9.87. The molecule has 92 valence electrons. The van der Waals surface area contributed by atoms with Gasteiger partial charge in [-0.1, -0.05) is 6.42 Å². The highest BCUT2D eigenvalue weighted by Gasteiger charge is 2.23. The van der Waals surface area contributed by atoms with E-state index < -0.39 is 0 Å². The number of carbonyl (C=O) groups is 1. The van der Waals surface area contributed by atoms with E-state index >= 15 is 0 Å². The molecule has 0 spiro atoms. The van der Waals surface area contributed by atoms with Crippen molar-refractivity contribution in [1.82, 2.24) is 9.88 Å². The summed E-state index contributed by atoms with van der Waals surface area (Å²) in [5, 5.41) is 0. The summed E-state index contributed by atoms with van der Waals surface area (Å²) in [6.07, 6.45) is 7.78. The lowest BCUT2D eigenvalue weighted by Gasteiger charge is -2.25. The molecule has 0 bridgehead atoms. The van der Waals surface area contributed by atoms with E-state index in [1.54, 1.807) is 0 Å². The maximum atomic E-state index is 11.7. The molecule has 3 nitrogen and oxygen atoms in total. The van der Waals surface area contributed by atoms with Crippen molar-refractivity contribution < 1.29 is 4.79 Å². The van der Waals surface area contributed by atoms with Gasteiger partial charge >= 0.3 is 0 Å². The zero-order valence-corrected chi connectivity index (χ0v) is 10.4. The first-order valence-electron chi connectivity index (χ1n) is 6.36. The molecule has 3 heteroatoms. The summed E-state index contributed by atoms with van der Waals surface area (Å²) in [7, 11) is 2.09. The predicted octanol–water partition coefficient (Wildman–Crippen LogP) is 2.27. The van der Waals surface area contributed by atoms with Crippen molar-refractivity contribution in [3.8, 4) is 0 Å². The van der Waals surface area contributed by atoms with Crippen LogP contribution in [0.5, 0.6) is 0 Å². The van der Waals surface area contributed by atoms with Crippen LogP contribution in [0.3, 0.4) is 0 Å². The Kier molecular flexibility index (Phi) is 4.26. The van der Waals surface area contributed by atoms with E-state index in [4.69, 9.17) is 0 Å². The van der Waals surface area contributed by atoms with Crippen molar-refractivity contribution in [2.75, 3.05) is 13.6 Å². The van der Waals surface area contributed by atoms with Gasteiger partial charge in [0.2, 0.25) is 0 Å². The van der Waals surface area contributed by atoms with Crippen molar-refractivity contribution in [3.05, 3.63) is 30.1 Å². The Hall–Kier alpha value is -1.22.